The molecule has 0 unspecified atom stereocenters. The summed E-state index contributed by atoms with van der Waals surface area (Å²) in [5.74, 6) is -0.183. The molecule has 18 heavy (non-hydrogen) atoms. The number of fused-ring (bicyclic) bond motifs is 1. The topological polar surface area (TPSA) is 66.6 Å². The SMILES string of the molecule is CCc1nc2ccc(C(=O)NCCO)cn2c1C. The van der Waals surface area contributed by atoms with Gasteiger partial charge in [0.15, 0.2) is 0 Å². The highest BCUT2D eigenvalue weighted by atomic mass is 16.3. The number of aliphatic hydroxyl groups is 1. The quantitative estimate of drug-likeness (QED) is 0.844. The number of amides is 1. The summed E-state index contributed by atoms with van der Waals surface area (Å²) in [6, 6.07) is 3.58. The van der Waals surface area contributed by atoms with Gasteiger partial charge in [0.2, 0.25) is 0 Å². The fourth-order valence-electron chi connectivity index (χ4n) is 1.95. The first-order chi connectivity index (χ1) is 8.67. The van der Waals surface area contributed by atoms with Crippen LogP contribution < -0.4 is 5.32 Å². The van der Waals surface area contributed by atoms with E-state index in [1.807, 2.05) is 17.4 Å². The van der Waals surface area contributed by atoms with Crippen molar-refractivity contribution >= 4 is 11.6 Å². The van der Waals surface area contributed by atoms with Crippen LogP contribution in [0, 0.1) is 6.92 Å². The molecule has 0 radical (unpaired) electrons. The van der Waals surface area contributed by atoms with Crippen LogP contribution in [0.15, 0.2) is 18.3 Å². The highest BCUT2D eigenvalue weighted by molar-refractivity contribution is 5.94. The van der Waals surface area contributed by atoms with Crippen LogP contribution in [0.4, 0.5) is 0 Å². The van der Waals surface area contributed by atoms with Crippen molar-refractivity contribution in [2.75, 3.05) is 13.2 Å². The van der Waals surface area contributed by atoms with E-state index in [9.17, 15) is 4.79 Å². The molecule has 0 aliphatic heterocycles. The van der Waals surface area contributed by atoms with Gasteiger partial charge in [0.1, 0.15) is 5.65 Å². The molecular formula is C13H17N3O2. The summed E-state index contributed by atoms with van der Waals surface area (Å²) in [5.41, 5.74) is 3.52. The van der Waals surface area contributed by atoms with Gasteiger partial charge in [-0.2, -0.15) is 0 Å². The number of aryl methyl sites for hydroxylation is 2. The number of nitrogens with zero attached hydrogens (tertiary/aromatic N) is 2. The molecule has 5 nitrogen and oxygen atoms in total. The number of aliphatic hydroxyl groups excluding tert-OH is 1. The zero-order valence-corrected chi connectivity index (χ0v) is 10.6. The van der Waals surface area contributed by atoms with Gasteiger partial charge in [-0.25, -0.2) is 4.98 Å². The average molecular weight is 247 g/mol. The summed E-state index contributed by atoms with van der Waals surface area (Å²) < 4.78 is 1.92. The molecule has 0 aliphatic rings. The van der Waals surface area contributed by atoms with E-state index in [4.69, 9.17) is 5.11 Å². The third kappa shape index (κ3) is 2.22. The Balaban J connectivity index is 2.37. The van der Waals surface area contributed by atoms with Gasteiger partial charge in [-0.15, -0.1) is 0 Å². The fraction of sp³-hybridized carbons (Fsp3) is 0.385. The third-order valence-electron chi connectivity index (χ3n) is 2.95. The molecule has 5 heteroatoms. The van der Waals surface area contributed by atoms with Crippen molar-refractivity contribution in [3.8, 4) is 0 Å². The molecule has 0 saturated carbocycles. The summed E-state index contributed by atoms with van der Waals surface area (Å²) in [6.07, 6.45) is 2.66. The van der Waals surface area contributed by atoms with Crippen molar-refractivity contribution in [3.05, 3.63) is 35.3 Å². The lowest BCUT2D eigenvalue weighted by atomic mass is 10.2. The van der Waals surface area contributed by atoms with Crippen LogP contribution in [0.25, 0.3) is 5.65 Å². The van der Waals surface area contributed by atoms with Crippen LogP contribution in [0.3, 0.4) is 0 Å². The van der Waals surface area contributed by atoms with Crippen LogP contribution in [0.2, 0.25) is 0 Å². The standard InChI is InChI=1S/C13H17N3O2/c1-3-11-9(2)16-8-10(4-5-12(16)15-11)13(18)14-6-7-17/h4-5,8,17H,3,6-7H2,1-2H3,(H,14,18). The second kappa shape index (κ2) is 5.18. The Morgan fingerprint density at radius 1 is 1.50 bits per heavy atom. The summed E-state index contributed by atoms with van der Waals surface area (Å²) in [5, 5.41) is 11.3. The summed E-state index contributed by atoms with van der Waals surface area (Å²) in [7, 11) is 0. The molecule has 0 aliphatic carbocycles. The molecular weight excluding hydrogens is 230 g/mol. The summed E-state index contributed by atoms with van der Waals surface area (Å²) in [4.78, 5) is 16.3. The van der Waals surface area contributed by atoms with Crippen LogP contribution in [-0.2, 0) is 6.42 Å². The number of nitrogens with one attached hydrogen (secondary N) is 1. The van der Waals surface area contributed by atoms with Crippen molar-refractivity contribution in [2.45, 2.75) is 20.3 Å². The number of aromatic nitrogens is 2. The van der Waals surface area contributed by atoms with E-state index in [1.54, 1.807) is 12.3 Å². The molecule has 1 amide bonds. The second-order valence-corrected chi connectivity index (χ2v) is 4.12. The van der Waals surface area contributed by atoms with Gasteiger partial charge in [0, 0.05) is 18.4 Å². The van der Waals surface area contributed by atoms with E-state index in [2.05, 4.69) is 17.2 Å². The number of hydrogen-bond acceptors (Lipinski definition) is 3. The molecule has 2 heterocycles. The van der Waals surface area contributed by atoms with Gasteiger partial charge in [0.05, 0.1) is 17.9 Å². The first-order valence-electron chi connectivity index (χ1n) is 6.04. The lowest BCUT2D eigenvalue weighted by Gasteiger charge is -2.04. The minimum atomic E-state index is -0.183. The van der Waals surface area contributed by atoms with Crippen molar-refractivity contribution < 1.29 is 9.90 Å². The molecule has 0 atom stereocenters. The highest BCUT2D eigenvalue weighted by Crippen LogP contribution is 2.13. The number of carbonyl (C=O) groups excluding carboxylic acids is 1. The Morgan fingerprint density at radius 2 is 2.28 bits per heavy atom. The van der Waals surface area contributed by atoms with Crippen LogP contribution in [0.5, 0.6) is 0 Å². The lowest BCUT2D eigenvalue weighted by Crippen LogP contribution is -2.26. The number of imidazole rings is 1. The molecule has 0 bridgehead atoms. The van der Waals surface area contributed by atoms with Crippen LogP contribution in [-0.4, -0.2) is 33.6 Å². The molecule has 96 valence electrons. The molecule has 2 aromatic heterocycles. The zero-order valence-electron chi connectivity index (χ0n) is 10.6. The van der Waals surface area contributed by atoms with Crippen LogP contribution >= 0.6 is 0 Å². The third-order valence-corrected chi connectivity index (χ3v) is 2.95. The number of pyridine rings is 1. The number of carbonyl (C=O) groups is 1. The minimum absolute atomic E-state index is 0.0575. The van der Waals surface area contributed by atoms with E-state index < -0.39 is 0 Å². The van der Waals surface area contributed by atoms with Crippen molar-refractivity contribution in [1.82, 2.24) is 14.7 Å². The maximum Gasteiger partial charge on any atom is 0.252 e. The normalized spacial score (nSPS) is 10.8. The number of rotatable bonds is 4. The second-order valence-electron chi connectivity index (χ2n) is 4.12. The molecule has 2 N–H and O–H groups in total. The number of hydrogen-bond donors (Lipinski definition) is 2. The van der Waals surface area contributed by atoms with E-state index in [-0.39, 0.29) is 19.1 Å². The molecule has 2 aromatic rings. The van der Waals surface area contributed by atoms with Gasteiger partial charge in [-0.3, -0.25) is 4.79 Å². The average Bonchev–Trinajstić information content (AvgIpc) is 2.72. The Labute approximate surface area is 105 Å². The Bertz CT molecular complexity index is 575. The maximum absolute atomic E-state index is 11.8. The van der Waals surface area contributed by atoms with Crippen molar-refractivity contribution in [2.24, 2.45) is 0 Å². The van der Waals surface area contributed by atoms with Gasteiger partial charge in [0.25, 0.3) is 5.91 Å². The smallest absolute Gasteiger partial charge is 0.252 e. The van der Waals surface area contributed by atoms with Crippen molar-refractivity contribution in [1.29, 1.82) is 0 Å². The molecule has 0 saturated heterocycles. The molecule has 0 aromatic carbocycles. The van der Waals surface area contributed by atoms with Gasteiger partial charge in [-0.1, -0.05) is 6.92 Å². The lowest BCUT2D eigenvalue weighted by molar-refractivity contribution is 0.0944. The largest absolute Gasteiger partial charge is 0.395 e. The zero-order chi connectivity index (χ0) is 13.1. The first kappa shape index (κ1) is 12.6. The fourth-order valence-corrected chi connectivity index (χ4v) is 1.95. The van der Waals surface area contributed by atoms with E-state index in [0.29, 0.717) is 5.56 Å². The Morgan fingerprint density at radius 3 is 2.94 bits per heavy atom. The monoisotopic (exact) mass is 247 g/mol. The molecule has 0 fully saturated rings. The predicted molar refractivity (Wildman–Crippen MR) is 68.7 cm³/mol. The van der Waals surface area contributed by atoms with Gasteiger partial charge >= 0.3 is 0 Å². The predicted octanol–water partition coefficient (Wildman–Crippen LogP) is 0.927. The molecule has 0 spiro atoms. The first-order valence-corrected chi connectivity index (χ1v) is 6.04. The van der Waals surface area contributed by atoms with Gasteiger partial charge in [-0.05, 0) is 25.5 Å². The maximum atomic E-state index is 11.8. The summed E-state index contributed by atoms with van der Waals surface area (Å²) >= 11 is 0. The minimum Gasteiger partial charge on any atom is -0.395 e. The Kier molecular flexibility index (Phi) is 3.62. The van der Waals surface area contributed by atoms with Crippen LogP contribution in [0.1, 0.15) is 28.7 Å². The molecule has 2 rings (SSSR count). The Hall–Kier alpha value is -1.88. The van der Waals surface area contributed by atoms with E-state index in [0.717, 1.165) is 23.5 Å². The van der Waals surface area contributed by atoms with Crippen molar-refractivity contribution in [3.63, 3.8) is 0 Å². The summed E-state index contributed by atoms with van der Waals surface area (Å²) in [6.45, 7) is 4.26. The van der Waals surface area contributed by atoms with Gasteiger partial charge < -0.3 is 14.8 Å². The van der Waals surface area contributed by atoms with E-state index in [1.165, 1.54) is 0 Å². The van der Waals surface area contributed by atoms with E-state index >= 15 is 0 Å². The highest BCUT2D eigenvalue weighted by Gasteiger charge is 2.10.